The standard InChI is InChI=1S/C10H13ClN2O/c11-8-2-3-9(13-6-8)10(12)4-1-5-14-7-10/h2-3,6H,1,4-5,7,12H2. The zero-order chi connectivity index (χ0) is 10.0. The Morgan fingerprint density at radius 3 is 2.93 bits per heavy atom. The Morgan fingerprint density at radius 2 is 2.36 bits per heavy atom. The summed E-state index contributed by atoms with van der Waals surface area (Å²) in [4.78, 5) is 4.24. The van der Waals surface area contributed by atoms with Gasteiger partial charge in [0.2, 0.25) is 0 Å². The van der Waals surface area contributed by atoms with Crippen LogP contribution in [0.1, 0.15) is 18.5 Å². The van der Waals surface area contributed by atoms with Crippen LogP contribution in [0.4, 0.5) is 0 Å². The molecule has 1 fully saturated rings. The number of hydrogen-bond acceptors (Lipinski definition) is 3. The number of ether oxygens (including phenoxy) is 1. The molecule has 1 aliphatic rings. The van der Waals surface area contributed by atoms with Gasteiger partial charge in [-0.25, -0.2) is 0 Å². The van der Waals surface area contributed by atoms with E-state index in [2.05, 4.69) is 4.98 Å². The first kappa shape index (κ1) is 9.90. The van der Waals surface area contributed by atoms with Crippen molar-refractivity contribution < 1.29 is 4.74 Å². The van der Waals surface area contributed by atoms with E-state index in [0.29, 0.717) is 11.6 Å². The molecular weight excluding hydrogens is 200 g/mol. The van der Waals surface area contributed by atoms with Crippen molar-refractivity contribution in [3.05, 3.63) is 29.0 Å². The van der Waals surface area contributed by atoms with Crippen molar-refractivity contribution in [2.45, 2.75) is 18.4 Å². The molecule has 0 aromatic carbocycles. The Kier molecular flexibility index (Phi) is 2.72. The Balaban J connectivity index is 2.23. The molecule has 0 radical (unpaired) electrons. The molecule has 2 heterocycles. The molecule has 1 atom stereocenters. The summed E-state index contributed by atoms with van der Waals surface area (Å²) in [6, 6.07) is 3.68. The molecule has 2 rings (SSSR count). The molecule has 1 aliphatic heterocycles. The van der Waals surface area contributed by atoms with Crippen LogP contribution in [-0.2, 0) is 10.3 Å². The van der Waals surface area contributed by atoms with Crippen molar-refractivity contribution in [2.75, 3.05) is 13.2 Å². The van der Waals surface area contributed by atoms with Gasteiger partial charge in [-0.3, -0.25) is 4.98 Å². The summed E-state index contributed by atoms with van der Waals surface area (Å²) in [6.07, 6.45) is 3.53. The fraction of sp³-hybridized carbons (Fsp3) is 0.500. The molecule has 1 aromatic rings. The van der Waals surface area contributed by atoms with E-state index < -0.39 is 5.54 Å². The molecule has 14 heavy (non-hydrogen) atoms. The van der Waals surface area contributed by atoms with Crippen molar-refractivity contribution in [1.82, 2.24) is 4.98 Å². The first-order valence-corrected chi connectivity index (χ1v) is 5.07. The lowest BCUT2D eigenvalue weighted by molar-refractivity contribution is 0.0349. The molecule has 0 amide bonds. The van der Waals surface area contributed by atoms with Crippen LogP contribution in [0.3, 0.4) is 0 Å². The Labute approximate surface area is 88.2 Å². The first-order chi connectivity index (χ1) is 6.71. The van der Waals surface area contributed by atoms with Gasteiger partial charge in [0.15, 0.2) is 0 Å². The van der Waals surface area contributed by atoms with Gasteiger partial charge in [0.25, 0.3) is 0 Å². The molecule has 1 unspecified atom stereocenters. The predicted octanol–water partition coefficient (Wildman–Crippen LogP) is 1.70. The van der Waals surface area contributed by atoms with Crippen molar-refractivity contribution in [3.8, 4) is 0 Å². The highest BCUT2D eigenvalue weighted by Gasteiger charge is 2.31. The molecule has 76 valence electrons. The SMILES string of the molecule is NC1(c2ccc(Cl)cn2)CCCOC1. The molecule has 3 nitrogen and oxygen atoms in total. The van der Waals surface area contributed by atoms with Gasteiger partial charge in [-0.1, -0.05) is 11.6 Å². The van der Waals surface area contributed by atoms with E-state index in [9.17, 15) is 0 Å². The lowest BCUT2D eigenvalue weighted by atomic mass is 9.90. The predicted molar refractivity (Wildman–Crippen MR) is 55.2 cm³/mol. The van der Waals surface area contributed by atoms with Crippen LogP contribution in [-0.4, -0.2) is 18.2 Å². The van der Waals surface area contributed by atoms with Crippen LogP contribution >= 0.6 is 11.6 Å². The maximum absolute atomic E-state index is 6.20. The smallest absolute Gasteiger partial charge is 0.0821 e. The lowest BCUT2D eigenvalue weighted by Gasteiger charge is -2.32. The summed E-state index contributed by atoms with van der Waals surface area (Å²) < 4.78 is 5.37. The third-order valence-electron chi connectivity index (χ3n) is 2.51. The zero-order valence-corrected chi connectivity index (χ0v) is 8.63. The van der Waals surface area contributed by atoms with E-state index in [1.807, 2.05) is 12.1 Å². The van der Waals surface area contributed by atoms with Gasteiger partial charge in [-0.2, -0.15) is 0 Å². The van der Waals surface area contributed by atoms with Gasteiger partial charge in [-0.05, 0) is 25.0 Å². The van der Waals surface area contributed by atoms with Crippen LogP contribution < -0.4 is 5.73 Å². The third kappa shape index (κ3) is 1.90. The zero-order valence-electron chi connectivity index (χ0n) is 7.87. The van der Waals surface area contributed by atoms with Gasteiger partial charge in [0.1, 0.15) is 0 Å². The van der Waals surface area contributed by atoms with Gasteiger partial charge in [0.05, 0.1) is 22.9 Å². The van der Waals surface area contributed by atoms with Crippen LogP contribution in [0.25, 0.3) is 0 Å². The van der Waals surface area contributed by atoms with Crippen molar-refractivity contribution >= 4 is 11.6 Å². The minimum Gasteiger partial charge on any atom is -0.379 e. The second-order valence-electron chi connectivity index (χ2n) is 3.67. The molecule has 0 bridgehead atoms. The van der Waals surface area contributed by atoms with E-state index in [0.717, 1.165) is 25.1 Å². The van der Waals surface area contributed by atoms with Gasteiger partial charge in [-0.15, -0.1) is 0 Å². The van der Waals surface area contributed by atoms with Crippen LogP contribution in [0.2, 0.25) is 5.02 Å². The molecule has 1 saturated heterocycles. The summed E-state index contributed by atoms with van der Waals surface area (Å²) >= 11 is 5.76. The Bertz CT molecular complexity index is 306. The summed E-state index contributed by atoms with van der Waals surface area (Å²) in [5.41, 5.74) is 6.63. The Morgan fingerprint density at radius 1 is 1.50 bits per heavy atom. The second kappa shape index (κ2) is 3.85. The van der Waals surface area contributed by atoms with Crippen molar-refractivity contribution in [2.24, 2.45) is 5.73 Å². The van der Waals surface area contributed by atoms with Gasteiger partial charge >= 0.3 is 0 Å². The monoisotopic (exact) mass is 212 g/mol. The van der Waals surface area contributed by atoms with E-state index in [1.165, 1.54) is 0 Å². The van der Waals surface area contributed by atoms with E-state index >= 15 is 0 Å². The second-order valence-corrected chi connectivity index (χ2v) is 4.11. The summed E-state index contributed by atoms with van der Waals surface area (Å²) in [5, 5.41) is 0.633. The van der Waals surface area contributed by atoms with Crippen LogP contribution in [0.5, 0.6) is 0 Å². The average Bonchev–Trinajstić information content (AvgIpc) is 2.19. The fourth-order valence-corrected chi connectivity index (χ4v) is 1.80. The van der Waals surface area contributed by atoms with Gasteiger partial charge in [0, 0.05) is 12.8 Å². The highest BCUT2D eigenvalue weighted by molar-refractivity contribution is 6.30. The number of pyridine rings is 1. The topological polar surface area (TPSA) is 48.1 Å². The summed E-state index contributed by atoms with van der Waals surface area (Å²) in [6.45, 7) is 1.34. The number of rotatable bonds is 1. The lowest BCUT2D eigenvalue weighted by Crippen LogP contribution is -2.45. The number of aromatic nitrogens is 1. The van der Waals surface area contributed by atoms with E-state index in [-0.39, 0.29) is 0 Å². The molecule has 4 heteroatoms. The van der Waals surface area contributed by atoms with Crippen LogP contribution in [0, 0.1) is 0 Å². The van der Waals surface area contributed by atoms with Gasteiger partial charge < -0.3 is 10.5 Å². The molecule has 0 saturated carbocycles. The highest BCUT2D eigenvalue weighted by Crippen LogP contribution is 2.26. The van der Waals surface area contributed by atoms with E-state index in [1.54, 1.807) is 6.20 Å². The number of nitrogens with zero attached hydrogens (tertiary/aromatic N) is 1. The third-order valence-corrected chi connectivity index (χ3v) is 2.73. The quantitative estimate of drug-likeness (QED) is 0.771. The van der Waals surface area contributed by atoms with Crippen molar-refractivity contribution in [3.63, 3.8) is 0 Å². The average molecular weight is 213 g/mol. The first-order valence-electron chi connectivity index (χ1n) is 4.69. The maximum atomic E-state index is 6.20. The number of nitrogens with two attached hydrogens (primary N) is 1. The Hall–Kier alpha value is -0.640. The normalized spacial score (nSPS) is 27.6. The minimum absolute atomic E-state index is 0.428. The molecule has 0 aliphatic carbocycles. The molecular formula is C10H13ClN2O. The fourth-order valence-electron chi connectivity index (χ4n) is 1.69. The largest absolute Gasteiger partial charge is 0.379 e. The minimum atomic E-state index is -0.428. The van der Waals surface area contributed by atoms with Crippen LogP contribution in [0.15, 0.2) is 18.3 Å². The highest BCUT2D eigenvalue weighted by atomic mass is 35.5. The maximum Gasteiger partial charge on any atom is 0.0821 e. The number of hydrogen-bond donors (Lipinski definition) is 1. The van der Waals surface area contributed by atoms with Crippen molar-refractivity contribution in [1.29, 1.82) is 0 Å². The molecule has 2 N–H and O–H groups in total. The molecule has 1 aromatic heterocycles. The molecule has 0 spiro atoms. The summed E-state index contributed by atoms with van der Waals surface area (Å²) in [5.74, 6) is 0. The number of halogens is 1. The van der Waals surface area contributed by atoms with E-state index in [4.69, 9.17) is 22.1 Å². The summed E-state index contributed by atoms with van der Waals surface area (Å²) in [7, 11) is 0.